The third-order valence-electron chi connectivity index (χ3n) is 4.51. The molecule has 88 valence electrons. The van der Waals surface area contributed by atoms with E-state index in [0.717, 1.165) is 12.8 Å². The van der Waals surface area contributed by atoms with E-state index in [1.807, 2.05) is 13.0 Å². The Kier molecular flexibility index (Phi) is 3.99. The van der Waals surface area contributed by atoms with Crippen molar-refractivity contribution in [1.82, 2.24) is 0 Å². The van der Waals surface area contributed by atoms with Gasteiger partial charge in [0, 0.05) is 0 Å². The molecule has 1 saturated carbocycles. The summed E-state index contributed by atoms with van der Waals surface area (Å²) in [4.78, 5) is 0. The van der Waals surface area contributed by atoms with Crippen LogP contribution in [0, 0.1) is 10.8 Å². The highest BCUT2D eigenvalue weighted by molar-refractivity contribution is 5.01. The summed E-state index contributed by atoms with van der Waals surface area (Å²) >= 11 is 0. The molecule has 2 atom stereocenters. The predicted molar refractivity (Wildman–Crippen MR) is 65.8 cm³/mol. The van der Waals surface area contributed by atoms with Gasteiger partial charge in [-0.1, -0.05) is 46.3 Å². The first-order chi connectivity index (χ1) is 6.91. The lowest BCUT2D eigenvalue weighted by atomic mass is 9.67. The summed E-state index contributed by atoms with van der Waals surface area (Å²) in [5.41, 5.74) is 0.880. The van der Waals surface area contributed by atoms with Crippen molar-refractivity contribution in [2.45, 2.75) is 65.9 Å². The Balaban J connectivity index is 2.54. The van der Waals surface area contributed by atoms with E-state index in [4.69, 9.17) is 0 Å². The van der Waals surface area contributed by atoms with Crippen LogP contribution in [0.3, 0.4) is 0 Å². The van der Waals surface area contributed by atoms with Gasteiger partial charge >= 0.3 is 0 Å². The molecule has 0 aliphatic heterocycles. The molecule has 1 aliphatic carbocycles. The van der Waals surface area contributed by atoms with Gasteiger partial charge in [-0.25, -0.2) is 0 Å². The van der Waals surface area contributed by atoms with E-state index in [1.165, 1.54) is 19.3 Å². The van der Waals surface area contributed by atoms with Crippen LogP contribution in [0.1, 0.15) is 59.8 Å². The minimum atomic E-state index is -0.252. The van der Waals surface area contributed by atoms with Crippen molar-refractivity contribution in [3.05, 3.63) is 12.2 Å². The maximum absolute atomic E-state index is 9.46. The Hall–Kier alpha value is -0.300. The SMILES string of the molecule is CCC(O)/C=C/CC1(C)CCCC1(C)C. The maximum atomic E-state index is 9.46. The lowest BCUT2D eigenvalue weighted by Gasteiger charge is -2.38. The van der Waals surface area contributed by atoms with Crippen molar-refractivity contribution in [2.24, 2.45) is 10.8 Å². The molecule has 1 rings (SSSR count). The molecular weight excluding hydrogens is 184 g/mol. The minimum absolute atomic E-state index is 0.252. The molecule has 1 aliphatic rings. The fraction of sp³-hybridized carbons (Fsp3) is 0.857. The van der Waals surface area contributed by atoms with Gasteiger partial charge in [0.1, 0.15) is 0 Å². The van der Waals surface area contributed by atoms with E-state index >= 15 is 0 Å². The van der Waals surface area contributed by atoms with Crippen molar-refractivity contribution < 1.29 is 5.11 Å². The van der Waals surface area contributed by atoms with E-state index in [9.17, 15) is 5.11 Å². The molecule has 0 aromatic heterocycles. The monoisotopic (exact) mass is 210 g/mol. The molecule has 0 bridgehead atoms. The Bertz CT molecular complexity index is 229. The van der Waals surface area contributed by atoms with E-state index < -0.39 is 0 Å². The third kappa shape index (κ3) is 2.84. The van der Waals surface area contributed by atoms with Crippen LogP contribution in [0.25, 0.3) is 0 Å². The van der Waals surface area contributed by atoms with E-state index in [1.54, 1.807) is 0 Å². The Morgan fingerprint density at radius 1 is 1.27 bits per heavy atom. The van der Waals surface area contributed by atoms with Crippen LogP contribution in [-0.4, -0.2) is 11.2 Å². The number of aliphatic hydroxyl groups is 1. The lowest BCUT2D eigenvalue weighted by Crippen LogP contribution is -2.28. The number of allylic oxidation sites excluding steroid dienone is 1. The molecule has 2 unspecified atom stereocenters. The largest absolute Gasteiger partial charge is 0.389 e. The van der Waals surface area contributed by atoms with Crippen LogP contribution in [0.2, 0.25) is 0 Å². The van der Waals surface area contributed by atoms with E-state index in [2.05, 4.69) is 26.8 Å². The van der Waals surface area contributed by atoms with Crippen LogP contribution >= 0.6 is 0 Å². The van der Waals surface area contributed by atoms with Gasteiger partial charge in [-0.15, -0.1) is 0 Å². The zero-order chi connectivity index (χ0) is 11.5. The first-order valence-electron chi connectivity index (χ1n) is 6.26. The molecule has 0 radical (unpaired) electrons. The standard InChI is InChI=1S/C14H26O/c1-5-12(15)8-6-10-14(4)11-7-9-13(14,2)3/h6,8,12,15H,5,7,9-11H2,1-4H3/b8-6+. The summed E-state index contributed by atoms with van der Waals surface area (Å²) in [6, 6.07) is 0. The molecule has 1 nitrogen and oxygen atoms in total. The number of hydrogen-bond acceptors (Lipinski definition) is 1. The Morgan fingerprint density at radius 3 is 2.40 bits per heavy atom. The van der Waals surface area contributed by atoms with Gasteiger partial charge in [0.2, 0.25) is 0 Å². The topological polar surface area (TPSA) is 20.2 Å². The number of rotatable bonds is 4. The number of aliphatic hydroxyl groups excluding tert-OH is 1. The lowest BCUT2D eigenvalue weighted by molar-refractivity contribution is 0.135. The van der Waals surface area contributed by atoms with Gasteiger partial charge in [0.15, 0.2) is 0 Å². The smallest absolute Gasteiger partial charge is 0.0718 e. The highest BCUT2D eigenvalue weighted by Gasteiger charge is 2.43. The second kappa shape index (κ2) is 4.69. The first-order valence-corrected chi connectivity index (χ1v) is 6.26. The van der Waals surface area contributed by atoms with Crippen molar-refractivity contribution >= 4 is 0 Å². The molecule has 0 aromatic rings. The van der Waals surface area contributed by atoms with Crippen LogP contribution in [0.5, 0.6) is 0 Å². The molecule has 15 heavy (non-hydrogen) atoms. The summed E-state index contributed by atoms with van der Waals surface area (Å²) in [5, 5.41) is 9.46. The second-order valence-electron chi connectivity index (χ2n) is 5.91. The molecule has 1 fully saturated rings. The van der Waals surface area contributed by atoms with Gasteiger partial charge in [-0.3, -0.25) is 0 Å². The summed E-state index contributed by atoms with van der Waals surface area (Å²) in [6.45, 7) is 9.16. The average molecular weight is 210 g/mol. The quantitative estimate of drug-likeness (QED) is 0.697. The highest BCUT2D eigenvalue weighted by Crippen LogP contribution is 2.54. The van der Waals surface area contributed by atoms with Gasteiger partial charge in [-0.05, 0) is 36.5 Å². The second-order valence-corrected chi connectivity index (χ2v) is 5.91. The highest BCUT2D eigenvalue weighted by atomic mass is 16.3. The van der Waals surface area contributed by atoms with Crippen molar-refractivity contribution in [3.8, 4) is 0 Å². The van der Waals surface area contributed by atoms with Crippen molar-refractivity contribution in [2.75, 3.05) is 0 Å². The molecule has 1 N–H and O–H groups in total. The predicted octanol–water partition coefficient (Wildman–Crippen LogP) is 3.92. The summed E-state index contributed by atoms with van der Waals surface area (Å²) < 4.78 is 0. The van der Waals surface area contributed by atoms with E-state index in [0.29, 0.717) is 10.8 Å². The van der Waals surface area contributed by atoms with Gasteiger partial charge in [0.05, 0.1) is 6.10 Å². The van der Waals surface area contributed by atoms with Crippen LogP contribution in [-0.2, 0) is 0 Å². The third-order valence-corrected chi connectivity index (χ3v) is 4.51. The zero-order valence-electron chi connectivity index (χ0n) is 10.7. The van der Waals surface area contributed by atoms with Crippen LogP contribution < -0.4 is 0 Å². The van der Waals surface area contributed by atoms with Crippen LogP contribution in [0.4, 0.5) is 0 Å². The minimum Gasteiger partial charge on any atom is -0.389 e. The zero-order valence-corrected chi connectivity index (χ0v) is 10.7. The molecule has 0 amide bonds. The summed E-state index contributed by atoms with van der Waals surface area (Å²) in [6.07, 6.45) is 9.83. The van der Waals surface area contributed by atoms with E-state index in [-0.39, 0.29) is 6.10 Å². The molecule has 1 heteroatoms. The van der Waals surface area contributed by atoms with Gasteiger partial charge in [0.25, 0.3) is 0 Å². The fourth-order valence-corrected chi connectivity index (χ4v) is 2.56. The normalized spacial score (nSPS) is 32.3. The van der Waals surface area contributed by atoms with Gasteiger partial charge < -0.3 is 5.11 Å². The molecule has 0 aromatic carbocycles. The molecule has 0 saturated heterocycles. The maximum Gasteiger partial charge on any atom is 0.0718 e. The summed E-state index contributed by atoms with van der Waals surface area (Å²) in [5.74, 6) is 0. The van der Waals surface area contributed by atoms with Crippen molar-refractivity contribution in [3.63, 3.8) is 0 Å². The number of hydrogen-bond donors (Lipinski definition) is 1. The molecule has 0 spiro atoms. The molecule has 0 heterocycles. The van der Waals surface area contributed by atoms with Crippen molar-refractivity contribution in [1.29, 1.82) is 0 Å². The van der Waals surface area contributed by atoms with Gasteiger partial charge in [-0.2, -0.15) is 0 Å². The Morgan fingerprint density at radius 2 is 1.93 bits per heavy atom. The Labute approximate surface area is 94.6 Å². The average Bonchev–Trinajstić information content (AvgIpc) is 2.41. The van der Waals surface area contributed by atoms with Crippen LogP contribution in [0.15, 0.2) is 12.2 Å². The first kappa shape index (κ1) is 12.8. The fourth-order valence-electron chi connectivity index (χ4n) is 2.56. The summed E-state index contributed by atoms with van der Waals surface area (Å²) in [7, 11) is 0. The molecular formula is C14H26O.